The molecule has 0 aliphatic heterocycles. The van der Waals surface area contributed by atoms with E-state index in [1.807, 2.05) is 0 Å². The molecule has 0 fully saturated rings. The second-order valence-electron chi connectivity index (χ2n) is 4.03. The second-order valence-corrected chi connectivity index (χ2v) is 4.03. The third kappa shape index (κ3) is 2.37. The topological polar surface area (TPSA) is 107 Å². The Morgan fingerprint density at radius 2 is 1.77 bits per heavy atom. The monoisotopic (exact) mass is 313 g/mol. The fourth-order valence-electron chi connectivity index (χ4n) is 1.92. The summed E-state index contributed by atoms with van der Waals surface area (Å²) in [4.78, 5) is 7.22. The third-order valence-corrected chi connectivity index (χ3v) is 2.80. The molecule has 0 bridgehead atoms. The van der Waals surface area contributed by atoms with E-state index in [0.29, 0.717) is 0 Å². The zero-order chi connectivity index (χ0) is 15.1. The first-order valence-electron chi connectivity index (χ1n) is 5.54. The van der Waals surface area contributed by atoms with E-state index in [2.05, 4.69) is 15.1 Å². The average Bonchev–Trinajstić information content (AvgIpc) is 2.89. The molecule has 2 N–H and O–H groups in total. The third-order valence-electron chi connectivity index (χ3n) is 2.80. The SMILES string of the molecule is N#Cc1cc(F)c(-c2c(O)nc3ncnn3c2O)c(F)c1.[NaH]. The van der Waals surface area contributed by atoms with Gasteiger partial charge in [0.25, 0.3) is 5.78 Å². The van der Waals surface area contributed by atoms with Crippen LogP contribution in [0.2, 0.25) is 0 Å². The fraction of sp³-hybridized carbons (Fsp3) is 0. The molecular weight excluding hydrogens is 307 g/mol. The summed E-state index contributed by atoms with van der Waals surface area (Å²) in [5.41, 5.74) is -1.52. The molecule has 2 aromatic heterocycles. The Labute approximate surface area is 143 Å². The molecule has 0 amide bonds. The van der Waals surface area contributed by atoms with Crippen molar-refractivity contribution in [2.45, 2.75) is 0 Å². The van der Waals surface area contributed by atoms with Crippen LogP contribution < -0.4 is 0 Å². The summed E-state index contributed by atoms with van der Waals surface area (Å²) in [5, 5.41) is 32.1. The Kier molecular flexibility index (Phi) is 4.27. The van der Waals surface area contributed by atoms with E-state index in [4.69, 9.17) is 5.26 Å². The van der Waals surface area contributed by atoms with Crippen LogP contribution in [0.3, 0.4) is 0 Å². The van der Waals surface area contributed by atoms with E-state index in [0.717, 1.165) is 23.0 Å². The van der Waals surface area contributed by atoms with Gasteiger partial charge in [-0.1, -0.05) is 0 Å². The molecule has 22 heavy (non-hydrogen) atoms. The summed E-state index contributed by atoms with van der Waals surface area (Å²) in [5.74, 6) is -3.92. The molecule has 3 aromatic rings. The van der Waals surface area contributed by atoms with Gasteiger partial charge in [-0.2, -0.15) is 24.8 Å². The van der Waals surface area contributed by atoms with Crippen LogP contribution >= 0.6 is 0 Å². The molecule has 0 spiro atoms. The molecule has 1 aromatic carbocycles. The van der Waals surface area contributed by atoms with Crippen molar-refractivity contribution in [2.75, 3.05) is 0 Å². The average molecular weight is 313 g/mol. The van der Waals surface area contributed by atoms with Gasteiger partial charge in [0.15, 0.2) is 0 Å². The van der Waals surface area contributed by atoms with E-state index in [9.17, 15) is 19.0 Å². The summed E-state index contributed by atoms with van der Waals surface area (Å²) in [7, 11) is 0. The van der Waals surface area contributed by atoms with Crippen LogP contribution in [0, 0.1) is 23.0 Å². The summed E-state index contributed by atoms with van der Waals surface area (Å²) in [6, 6.07) is 3.16. The van der Waals surface area contributed by atoms with Gasteiger partial charge in [0, 0.05) is 0 Å². The molecule has 0 aliphatic carbocycles. The molecule has 106 valence electrons. The van der Waals surface area contributed by atoms with E-state index in [1.165, 1.54) is 0 Å². The number of halogens is 2. The van der Waals surface area contributed by atoms with Crippen molar-refractivity contribution < 1.29 is 19.0 Å². The standard InChI is InChI=1S/C12H5F2N5O2.Na.H/c13-6-1-5(3-15)2-7(14)8(6)9-10(20)18-12-16-4-17-19(12)11(9)21;;/h1-2,4,21H,(H,16,17,18,20);;. The molecule has 0 aliphatic rings. The van der Waals surface area contributed by atoms with Crippen molar-refractivity contribution in [3.63, 3.8) is 0 Å². The summed E-state index contributed by atoms with van der Waals surface area (Å²) >= 11 is 0. The van der Waals surface area contributed by atoms with Crippen LogP contribution in [-0.2, 0) is 0 Å². The minimum atomic E-state index is -1.13. The fourth-order valence-corrected chi connectivity index (χ4v) is 1.92. The zero-order valence-corrected chi connectivity index (χ0v) is 10.1. The van der Waals surface area contributed by atoms with Crippen molar-refractivity contribution in [2.24, 2.45) is 0 Å². The van der Waals surface area contributed by atoms with Crippen LogP contribution in [-0.4, -0.2) is 59.4 Å². The van der Waals surface area contributed by atoms with E-state index in [1.54, 1.807) is 6.07 Å². The summed E-state index contributed by atoms with van der Waals surface area (Å²) < 4.78 is 28.8. The number of hydrogen-bond donors (Lipinski definition) is 2. The first kappa shape index (κ1) is 16.1. The molecule has 10 heteroatoms. The number of nitrogens with zero attached hydrogens (tertiary/aromatic N) is 5. The molecule has 0 unspecified atom stereocenters. The molecule has 0 saturated carbocycles. The summed E-state index contributed by atoms with van der Waals surface area (Å²) in [6.45, 7) is 0. The Bertz CT molecular complexity index is 899. The molecule has 7 nitrogen and oxygen atoms in total. The minimum absolute atomic E-state index is 0. The van der Waals surface area contributed by atoms with Gasteiger partial charge in [-0.15, -0.1) is 0 Å². The Hall–Kier alpha value is -2.28. The normalized spacial score (nSPS) is 10.2. The van der Waals surface area contributed by atoms with Crippen molar-refractivity contribution in [3.05, 3.63) is 35.7 Å². The second kappa shape index (κ2) is 5.84. The van der Waals surface area contributed by atoms with Gasteiger partial charge in [0.2, 0.25) is 11.8 Å². The molecule has 3 rings (SSSR count). The Morgan fingerprint density at radius 3 is 2.36 bits per heavy atom. The van der Waals surface area contributed by atoms with Crippen molar-refractivity contribution in [1.82, 2.24) is 19.6 Å². The van der Waals surface area contributed by atoms with Crippen molar-refractivity contribution in [1.29, 1.82) is 5.26 Å². The first-order valence-corrected chi connectivity index (χ1v) is 5.54. The number of nitriles is 1. The van der Waals surface area contributed by atoms with Crippen LogP contribution in [0.15, 0.2) is 18.5 Å². The number of aromatic nitrogens is 4. The molecular formula is C12H6F2N5NaO2. The Balaban J connectivity index is 0.00000176. The van der Waals surface area contributed by atoms with Gasteiger partial charge in [0.05, 0.1) is 17.2 Å². The predicted molar refractivity (Wildman–Crippen MR) is 71.3 cm³/mol. The van der Waals surface area contributed by atoms with Gasteiger partial charge < -0.3 is 10.2 Å². The van der Waals surface area contributed by atoms with Gasteiger partial charge in [-0.25, -0.2) is 8.78 Å². The number of benzene rings is 1. The molecule has 0 radical (unpaired) electrons. The van der Waals surface area contributed by atoms with Gasteiger partial charge in [-0.05, 0) is 12.1 Å². The first-order chi connectivity index (χ1) is 10.0. The van der Waals surface area contributed by atoms with Crippen molar-refractivity contribution in [3.8, 4) is 29.0 Å². The van der Waals surface area contributed by atoms with E-state index >= 15 is 0 Å². The van der Waals surface area contributed by atoms with Crippen LogP contribution in [0.25, 0.3) is 16.9 Å². The maximum atomic E-state index is 14.0. The number of hydrogen-bond acceptors (Lipinski definition) is 6. The van der Waals surface area contributed by atoms with Crippen LogP contribution in [0.4, 0.5) is 8.78 Å². The van der Waals surface area contributed by atoms with E-state index in [-0.39, 0.29) is 40.9 Å². The molecule has 2 heterocycles. The number of fused-ring (bicyclic) bond motifs is 1. The number of rotatable bonds is 1. The zero-order valence-electron chi connectivity index (χ0n) is 10.1. The summed E-state index contributed by atoms with van der Waals surface area (Å²) in [6.07, 6.45) is 1.05. The molecule has 0 saturated heterocycles. The molecule has 0 atom stereocenters. The quantitative estimate of drug-likeness (QED) is 0.641. The number of aromatic hydroxyl groups is 2. The Morgan fingerprint density at radius 1 is 1.14 bits per heavy atom. The van der Waals surface area contributed by atoms with Crippen LogP contribution in [0.5, 0.6) is 11.8 Å². The van der Waals surface area contributed by atoms with Gasteiger partial charge >= 0.3 is 29.6 Å². The van der Waals surface area contributed by atoms with Gasteiger partial charge in [-0.3, -0.25) is 0 Å². The van der Waals surface area contributed by atoms with Crippen LogP contribution in [0.1, 0.15) is 5.56 Å². The maximum absolute atomic E-state index is 14.0. The van der Waals surface area contributed by atoms with E-state index < -0.39 is 34.5 Å². The van der Waals surface area contributed by atoms with Gasteiger partial charge in [0.1, 0.15) is 23.5 Å². The predicted octanol–water partition coefficient (Wildman–Crippen LogP) is 0.704. The van der Waals surface area contributed by atoms with Crippen molar-refractivity contribution >= 4 is 35.3 Å².